The third-order valence-electron chi connectivity index (χ3n) is 2.66. The van der Waals surface area contributed by atoms with Crippen LogP contribution in [0.3, 0.4) is 0 Å². The van der Waals surface area contributed by atoms with Gasteiger partial charge in [0.1, 0.15) is 5.01 Å². The van der Waals surface area contributed by atoms with Crippen molar-refractivity contribution in [2.75, 3.05) is 7.05 Å². The molecule has 0 aromatic carbocycles. The molecule has 0 radical (unpaired) electrons. The first-order chi connectivity index (χ1) is 9.65. The van der Waals surface area contributed by atoms with Gasteiger partial charge in [0.2, 0.25) is 4.96 Å². The number of aromatic nitrogens is 6. The summed E-state index contributed by atoms with van der Waals surface area (Å²) in [6, 6.07) is 1.47. The topological polar surface area (TPSA) is 90.0 Å². The fraction of sp³-hybridized carbons (Fsp3) is 0.364. The van der Waals surface area contributed by atoms with Gasteiger partial charge in [-0.05, 0) is 14.0 Å². The summed E-state index contributed by atoms with van der Waals surface area (Å²) >= 11 is 1.38. The van der Waals surface area contributed by atoms with E-state index < -0.39 is 0 Å². The molecule has 104 valence electrons. The first-order valence-corrected chi connectivity index (χ1v) is 6.87. The summed E-state index contributed by atoms with van der Waals surface area (Å²) < 4.78 is 3.01. The summed E-state index contributed by atoms with van der Waals surface area (Å²) in [4.78, 5) is 16.7. The van der Waals surface area contributed by atoms with Crippen molar-refractivity contribution in [1.29, 1.82) is 0 Å². The van der Waals surface area contributed by atoms with Gasteiger partial charge in [0.25, 0.3) is 5.56 Å². The minimum Gasteiger partial charge on any atom is -0.314 e. The molecule has 0 saturated heterocycles. The standard InChI is InChI=1S/C11H13N7OS/c1-7-3-10(19)18-11(13-7)20-9(15-18)6-17-5-8(4-12-2)14-16-17/h3,5,12H,4,6H2,1-2H3. The monoisotopic (exact) mass is 291 g/mol. The Morgan fingerprint density at radius 2 is 2.30 bits per heavy atom. The lowest BCUT2D eigenvalue weighted by Crippen LogP contribution is -2.14. The van der Waals surface area contributed by atoms with Crippen LogP contribution in [0.1, 0.15) is 16.4 Å². The number of nitrogens with zero attached hydrogens (tertiary/aromatic N) is 6. The number of rotatable bonds is 4. The molecule has 20 heavy (non-hydrogen) atoms. The summed E-state index contributed by atoms with van der Waals surface area (Å²) in [6.07, 6.45) is 1.85. The van der Waals surface area contributed by atoms with Crippen molar-refractivity contribution in [3.63, 3.8) is 0 Å². The second-order valence-corrected chi connectivity index (χ2v) is 5.40. The van der Waals surface area contributed by atoms with Crippen LogP contribution in [0.15, 0.2) is 17.1 Å². The highest BCUT2D eigenvalue weighted by Crippen LogP contribution is 2.12. The summed E-state index contributed by atoms with van der Waals surface area (Å²) in [6.45, 7) is 2.94. The molecule has 3 aromatic rings. The predicted octanol–water partition coefficient (Wildman–Crippen LogP) is -0.181. The van der Waals surface area contributed by atoms with E-state index in [1.54, 1.807) is 11.6 Å². The number of fused-ring (bicyclic) bond motifs is 1. The van der Waals surface area contributed by atoms with Crippen LogP contribution in [0.2, 0.25) is 0 Å². The Balaban J connectivity index is 1.90. The van der Waals surface area contributed by atoms with Gasteiger partial charge in [-0.25, -0.2) is 9.67 Å². The lowest BCUT2D eigenvalue weighted by molar-refractivity contribution is 0.637. The zero-order chi connectivity index (χ0) is 14.1. The quantitative estimate of drug-likeness (QED) is 0.717. The van der Waals surface area contributed by atoms with Crippen LogP contribution >= 0.6 is 11.3 Å². The highest BCUT2D eigenvalue weighted by molar-refractivity contribution is 7.16. The number of aryl methyl sites for hydroxylation is 1. The molecular formula is C11H13N7OS. The van der Waals surface area contributed by atoms with Gasteiger partial charge in [0.15, 0.2) is 0 Å². The predicted molar refractivity (Wildman–Crippen MR) is 73.8 cm³/mol. The number of hydrogen-bond acceptors (Lipinski definition) is 7. The number of hydrogen-bond donors (Lipinski definition) is 1. The molecule has 3 heterocycles. The molecule has 3 aromatic heterocycles. The van der Waals surface area contributed by atoms with E-state index in [1.807, 2.05) is 13.2 Å². The highest BCUT2D eigenvalue weighted by atomic mass is 32.1. The molecule has 0 aliphatic rings. The van der Waals surface area contributed by atoms with Crippen LogP contribution in [-0.4, -0.2) is 36.6 Å². The van der Waals surface area contributed by atoms with Gasteiger partial charge in [0.05, 0.1) is 18.4 Å². The Bertz CT molecular complexity index is 803. The molecular weight excluding hydrogens is 278 g/mol. The van der Waals surface area contributed by atoms with Gasteiger partial charge < -0.3 is 5.32 Å². The zero-order valence-corrected chi connectivity index (χ0v) is 11.9. The average Bonchev–Trinajstić information content (AvgIpc) is 2.97. The van der Waals surface area contributed by atoms with E-state index in [0.29, 0.717) is 23.7 Å². The van der Waals surface area contributed by atoms with E-state index in [0.717, 1.165) is 10.7 Å². The van der Waals surface area contributed by atoms with Gasteiger partial charge in [-0.2, -0.15) is 9.61 Å². The normalized spacial score (nSPS) is 11.3. The molecule has 9 heteroatoms. The van der Waals surface area contributed by atoms with Crippen molar-refractivity contribution in [3.8, 4) is 0 Å². The maximum atomic E-state index is 11.8. The van der Waals surface area contributed by atoms with E-state index in [9.17, 15) is 4.79 Å². The van der Waals surface area contributed by atoms with Gasteiger partial charge in [0, 0.05) is 18.3 Å². The van der Waals surface area contributed by atoms with Gasteiger partial charge in [-0.1, -0.05) is 16.6 Å². The fourth-order valence-corrected chi connectivity index (χ4v) is 2.78. The Hall–Kier alpha value is -2.13. The Labute approximate surface area is 118 Å². The van der Waals surface area contributed by atoms with Crippen molar-refractivity contribution in [2.45, 2.75) is 20.0 Å². The molecule has 0 fully saturated rings. The molecule has 0 aliphatic heterocycles. The van der Waals surface area contributed by atoms with Crippen molar-refractivity contribution < 1.29 is 0 Å². The Morgan fingerprint density at radius 3 is 3.10 bits per heavy atom. The summed E-state index contributed by atoms with van der Waals surface area (Å²) in [7, 11) is 1.85. The second-order valence-electron chi connectivity index (χ2n) is 4.36. The SMILES string of the molecule is CNCc1cn(Cc2nn3c(=O)cc(C)nc3s2)nn1. The minimum atomic E-state index is -0.163. The maximum Gasteiger partial charge on any atom is 0.275 e. The maximum absolute atomic E-state index is 11.8. The van der Waals surface area contributed by atoms with Gasteiger partial charge in [-0.3, -0.25) is 4.79 Å². The van der Waals surface area contributed by atoms with E-state index in [4.69, 9.17) is 0 Å². The van der Waals surface area contributed by atoms with Crippen molar-refractivity contribution in [1.82, 2.24) is 34.9 Å². The molecule has 0 saturated carbocycles. The smallest absolute Gasteiger partial charge is 0.275 e. The molecule has 0 aliphatic carbocycles. The molecule has 0 atom stereocenters. The third kappa shape index (κ3) is 2.45. The van der Waals surface area contributed by atoms with E-state index in [1.165, 1.54) is 21.9 Å². The van der Waals surface area contributed by atoms with Crippen LogP contribution < -0.4 is 10.9 Å². The molecule has 1 N–H and O–H groups in total. The van der Waals surface area contributed by atoms with Gasteiger partial charge in [-0.15, -0.1) is 5.10 Å². The molecule has 3 rings (SSSR count). The fourth-order valence-electron chi connectivity index (χ4n) is 1.84. The molecule has 0 spiro atoms. The van der Waals surface area contributed by atoms with E-state index in [2.05, 4.69) is 25.7 Å². The average molecular weight is 291 g/mol. The highest BCUT2D eigenvalue weighted by Gasteiger charge is 2.09. The first kappa shape index (κ1) is 12.9. The Kier molecular flexibility index (Phi) is 3.28. The van der Waals surface area contributed by atoms with Crippen LogP contribution in [-0.2, 0) is 13.1 Å². The zero-order valence-electron chi connectivity index (χ0n) is 11.1. The summed E-state index contributed by atoms with van der Waals surface area (Å²) in [5.74, 6) is 0. The van der Waals surface area contributed by atoms with Crippen molar-refractivity contribution >= 4 is 16.3 Å². The summed E-state index contributed by atoms with van der Waals surface area (Å²) in [5, 5.41) is 16.1. The van der Waals surface area contributed by atoms with Crippen LogP contribution in [0, 0.1) is 6.92 Å². The molecule has 0 amide bonds. The third-order valence-corrected chi connectivity index (χ3v) is 3.55. The van der Waals surface area contributed by atoms with Crippen molar-refractivity contribution in [2.24, 2.45) is 0 Å². The lowest BCUT2D eigenvalue weighted by Gasteiger charge is -1.93. The minimum absolute atomic E-state index is 0.163. The summed E-state index contributed by atoms with van der Waals surface area (Å²) in [5.41, 5.74) is 1.39. The van der Waals surface area contributed by atoms with Gasteiger partial charge >= 0.3 is 0 Å². The molecule has 8 nitrogen and oxygen atoms in total. The molecule has 0 bridgehead atoms. The first-order valence-electron chi connectivity index (χ1n) is 6.06. The van der Waals surface area contributed by atoms with E-state index in [-0.39, 0.29) is 5.56 Å². The van der Waals surface area contributed by atoms with Crippen molar-refractivity contribution in [3.05, 3.63) is 39.0 Å². The second kappa shape index (κ2) is 5.10. The van der Waals surface area contributed by atoms with Crippen LogP contribution in [0.5, 0.6) is 0 Å². The largest absolute Gasteiger partial charge is 0.314 e. The Morgan fingerprint density at radius 1 is 1.45 bits per heavy atom. The van der Waals surface area contributed by atoms with Crippen LogP contribution in [0.4, 0.5) is 0 Å². The van der Waals surface area contributed by atoms with Crippen LogP contribution in [0.25, 0.3) is 4.96 Å². The lowest BCUT2D eigenvalue weighted by atomic mass is 10.5. The van der Waals surface area contributed by atoms with E-state index >= 15 is 0 Å². The number of nitrogens with one attached hydrogen (secondary N) is 1. The molecule has 0 unspecified atom stereocenters.